The van der Waals surface area contributed by atoms with Gasteiger partial charge in [0.25, 0.3) is 0 Å². The minimum Gasteiger partial charge on any atom is -0.410 e. The van der Waals surface area contributed by atoms with Gasteiger partial charge >= 0.3 is 6.09 Å². The molecule has 0 aromatic heterocycles. The number of hydrogen-bond donors (Lipinski definition) is 1. The third-order valence-corrected chi connectivity index (χ3v) is 2.29. The summed E-state index contributed by atoms with van der Waals surface area (Å²) in [7, 11) is 0. The van der Waals surface area contributed by atoms with E-state index in [0.717, 1.165) is 5.56 Å². The van der Waals surface area contributed by atoms with Gasteiger partial charge in [0.1, 0.15) is 5.75 Å². The van der Waals surface area contributed by atoms with E-state index >= 15 is 0 Å². The third kappa shape index (κ3) is 4.11. The number of carbonyl (C=O) groups excluding carboxylic acids is 1. The maximum atomic E-state index is 11.3. The summed E-state index contributed by atoms with van der Waals surface area (Å²) < 4.78 is 5.10. The normalized spacial score (nSPS) is 10.2. The van der Waals surface area contributed by atoms with Crippen LogP contribution in [0.2, 0.25) is 0 Å². The van der Waals surface area contributed by atoms with Gasteiger partial charge in [-0.15, -0.1) is 11.6 Å². The molecule has 0 spiro atoms. The van der Waals surface area contributed by atoms with Gasteiger partial charge in [-0.3, -0.25) is 0 Å². The predicted molar refractivity (Wildman–Crippen MR) is 65.3 cm³/mol. The van der Waals surface area contributed by atoms with Gasteiger partial charge in [-0.25, -0.2) is 4.79 Å². The van der Waals surface area contributed by atoms with Gasteiger partial charge in [0, 0.05) is 12.4 Å². The molecule has 0 aliphatic rings. The van der Waals surface area contributed by atoms with Crippen LogP contribution in [0.5, 0.6) is 5.75 Å². The number of carbonyl (C=O) groups is 1. The highest BCUT2D eigenvalue weighted by molar-refractivity contribution is 6.18. The van der Waals surface area contributed by atoms with Crippen LogP contribution in [-0.4, -0.2) is 18.5 Å². The first kappa shape index (κ1) is 12.8. The Morgan fingerprint density at radius 2 is 2.25 bits per heavy atom. The molecule has 1 aromatic rings. The van der Waals surface area contributed by atoms with Crippen LogP contribution >= 0.6 is 11.6 Å². The Morgan fingerprint density at radius 1 is 1.50 bits per heavy atom. The Bertz CT molecular complexity index is 353. The fourth-order valence-electron chi connectivity index (χ4n) is 1.23. The number of halogens is 1. The van der Waals surface area contributed by atoms with Crippen molar-refractivity contribution in [3.63, 3.8) is 0 Å². The van der Waals surface area contributed by atoms with Gasteiger partial charge in [0.05, 0.1) is 0 Å². The summed E-state index contributed by atoms with van der Waals surface area (Å²) in [5.74, 6) is 1.34. The average Bonchev–Trinajstić information content (AvgIpc) is 2.26. The van der Waals surface area contributed by atoms with Gasteiger partial charge < -0.3 is 10.1 Å². The first-order valence-corrected chi connectivity index (χ1v) is 5.78. The summed E-state index contributed by atoms with van der Waals surface area (Å²) in [5, 5.41) is 2.54. The van der Waals surface area contributed by atoms with Crippen molar-refractivity contribution in [2.75, 3.05) is 12.4 Å². The molecular formula is C12H16ClNO2. The molecule has 1 amide bonds. The van der Waals surface area contributed by atoms with E-state index in [4.69, 9.17) is 16.3 Å². The molecule has 0 saturated heterocycles. The molecule has 0 bridgehead atoms. The second-order valence-electron chi connectivity index (χ2n) is 3.73. The fourth-order valence-corrected chi connectivity index (χ4v) is 1.32. The zero-order valence-corrected chi connectivity index (χ0v) is 10.3. The molecule has 1 rings (SSSR count). The molecule has 0 aliphatic heterocycles. The second kappa shape index (κ2) is 6.38. The van der Waals surface area contributed by atoms with Crippen LogP contribution < -0.4 is 10.1 Å². The molecule has 0 fully saturated rings. The van der Waals surface area contributed by atoms with Crippen molar-refractivity contribution in [2.24, 2.45) is 0 Å². The van der Waals surface area contributed by atoms with Gasteiger partial charge in [-0.1, -0.05) is 26.0 Å². The fraction of sp³-hybridized carbons (Fsp3) is 0.417. The molecule has 4 heteroatoms. The van der Waals surface area contributed by atoms with Crippen molar-refractivity contribution in [1.29, 1.82) is 0 Å². The van der Waals surface area contributed by atoms with E-state index < -0.39 is 6.09 Å². The van der Waals surface area contributed by atoms with Crippen LogP contribution in [0.25, 0.3) is 0 Å². The minimum absolute atomic E-state index is 0.376. The van der Waals surface area contributed by atoms with Crippen molar-refractivity contribution in [1.82, 2.24) is 5.32 Å². The number of alkyl halides is 1. The molecule has 0 heterocycles. The quantitative estimate of drug-likeness (QED) is 0.823. The lowest BCUT2D eigenvalue weighted by atomic mass is 10.0. The van der Waals surface area contributed by atoms with E-state index in [1.54, 1.807) is 6.07 Å². The molecular weight excluding hydrogens is 226 g/mol. The molecule has 0 aliphatic carbocycles. The summed E-state index contributed by atoms with van der Waals surface area (Å²) in [4.78, 5) is 11.3. The van der Waals surface area contributed by atoms with E-state index in [1.807, 2.05) is 18.2 Å². The van der Waals surface area contributed by atoms with Crippen molar-refractivity contribution in [3.05, 3.63) is 29.8 Å². The molecule has 3 nitrogen and oxygen atoms in total. The summed E-state index contributed by atoms with van der Waals surface area (Å²) in [6.45, 7) is 4.59. The zero-order chi connectivity index (χ0) is 12.0. The molecule has 1 N–H and O–H groups in total. The minimum atomic E-state index is -0.471. The second-order valence-corrected chi connectivity index (χ2v) is 4.11. The van der Waals surface area contributed by atoms with E-state index in [0.29, 0.717) is 24.1 Å². The summed E-state index contributed by atoms with van der Waals surface area (Å²) >= 11 is 5.45. The predicted octanol–water partition coefficient (Wildman–Crippen LogP) is 3.14. The van der Waals surface area contributed by atoms with Crippen LogP contribution in [0.1, 0.15) is 25.3 Å². The number of benzene rings is 1. The first-order valence-electron chi connectivity index (χ1n) is 5.25. The number of hydrogen-bond acceptors (Lipinski definition) is 2. The van der Waals surface area contributed by atoms with Gasteiger partial charge in [0.2, 0.25) is 0 Å². The molecule has 16 heavy (non-hydrogen) atoms. The largest absolute Gasteiger partial charge is 0.412 e. The molecule has 0 atom stereocenters. The lowest BCUT2D eigenvalue weighted by molar-refractivity contribution is 0.201. The standard InChI is InChI=1S/C12H16ClNO2/c1-9(2)10-4-3-5-11(8-10)16-12(15)14-7-6-13/h3-5,8-9H,6-7H2,1-2H3,(H,14,15). The monoisotopic (exact) mass is 241 g/mol. The lowest BCUT2D eigenvalue weighted by Gasteiger charge is -2.09. The topological polar surface area (TPSA) is 38.3 Å². The van der Waals surface area contributed by atoms with Crippen molar-refractivity contribution in [3.8, 4) is 5.75 Å². The van der Waals surface area contributed by atoms with Crippen molar-refractivity contribution in [2.45, 2.75) is 19.8 Å². The van der Waals surface area contributed by atoms with Crippen LogP contribution in [0.4, 0.5) is 4.79 Å². The molecule has 0 unspecified atom stereocenters. The van der Waals surface area contributed by atoms with Gasteiger partial charge in [-0.2, -0.15) is 0 Å². The highest BCUT2D eigenvalue weighted by Gasteiger charge is 2.05. The zero-order valence-electron chi connectivity index (χ0n) is 9.50. The molecule has 88 valence electrons. The number of ether oxygens (including phenoxy) is 1. The van der Waals surface area contributed by atoms with Crippen LogP contribution in [-0.2, 0) is 0 Å². The SMILES string of the molecule is CC(C)c1cccc(OC(=O)NCCCl)c1. The Hall–Kier alpha value is -1.22. The Labute approximate surface area is 101 Å². The van der Waals surface area contributed by atoms with E-state index in [2.05, 4.69) is 19.2 Å². The number of rotatable bonds is 4. The Morgan fingerprint density at radius 3 is 2.88 bits per heavy atom. The lowest BCUT2D eigenvalue weighted by Crippen LogP contribution is -2.28. The molecule has 1 aromatic carbocycles. The maximum Gasteiger partial charge on any atom is 0.412 e. The van der Waals surface area contributed by atoms with E-state index in [9.17, 15) is 4.79 Å². The van der Waals surface area contributed by atoms with Crippen LogP contribution in [0, 0.1) is 0 Å². The first-order chi connectivity index (χ1) is 7.63. The third-order valence-electron chi connectivity index (χ3n) is 2.10. The number of nitrogens with one attached hydrogen (secondary N) is 1. The van der Waals surface area contributed by atoms with Gasteiger partial charge in [0.15, 0.2) is 0 Å². The summed E-state index contributed by atoms with van der Waals surface area (Å²) in [5.41, 5.74) is 1.14. The summed E-state index contributed by atoms with van der Waals surface area (Å²) in [6.07, 6.45) is -0.471. The highest BCUT2D eigenvalue weighted by atomic mass is 35.5. The molecule has 0 radical (unpaired) electrons. The van der Waals surface area contributed by atoms with E-state index in [1.165, 1.54) is 0 Å². The Kier molecular flexibility index (Phi) is 5.12. The van der Waals surface area contributed by atoms with Crippen molar-refractivity contribution < 1.29 is 9.53 Å². The number of amides is 1. The Balaban J connectivity index is 2.59. The van der Waals surface area contributed by atoms with Crippen LogP contribution in [0.15, 0.2) is 24.3 Å². The van der Waals surface area contributed by atoms with Crippen LogP contribution in [0.3, 0.4) is 0 Å². The van der Waals surface area contributed by atoms with E-state index in [-0.39, 0.29) is 0 Å². The van der Waals surface area contributed by atoms with Gasteiger partial charge in [-0.05, 0) is 23.6 Å². The highest BCUT2D eigenvalue weighted by Crippen LogP contribution is 2.19. The maximum absolute atomic E-state index is 11.3. The summed E-state index contributed by atoms with van der Waals surface area (Å²) in [6, 6.07) is 7.50. The average molecular weight is 242 g/mol. The molecule has 0 saturated carbocycles. The smallest absolute Gasteiger partial charge is 0.410 e. The van der Waals surface area contributed by atoms with Crippen molar-refractivity contribution >= 4 is 17.7 Å².